The van der Waals surface area contributed by atoms with E-state index in [1.807, 2.05) is 19.9 Å². The Kier molecular flexibility index (Phi) is 4.27. The van der Waals surface area contributed by atoms with Gasteiger partial charge >= 0.3 is 0 Å². The number of hydrogen-bond acceptors (Lipinski definition) is 3. The third-order valence-corrected chi connectivity index (χ3v) is 4.01. The number of nitrogens with zero attached hydrogens (tertiary/aromatic N) is 1. The lowest BCUT2D eigenvalue weighted by molar-refractivity contribution is 0.572. The maximum absolute atomic E-state index is 11.9. The van der Waals surface area contributed by atoms with Crippen LogP contribution in [0.3, 0.4) is 0 Å². The van der Waals surface area contributed by atoms with Gasteiger partial charge in [0.15, 0.2) is 0 Å². The van der Waals surface area contributed by atoms with E-state index in [2.05, 4.69) is 4.72 Å². The Morgan fingerprint density at radius 3 is 2.53 bits per heavy atom. The van der Waals surface area contributed by atoms with E-state index < -0.39 is 10.0 Å². The van der Waals surface area contributed by atoms with E-state index in [1.54, 1.807) is 25.1 Å². The van der Waals surface area contributed by atoms with Crippen LogP contribution in [-0.4, -0.2) is 15.0 Å². The van der Waals surface area contributed by atoms with Crippen LogP contribution >= 0.6 is 0 Å². The van der Waals surface area contributed by atoms with E-state index in [1.165, 1.54) is 0 Å². The number of sulfonamides is 1. The Bertz CT molecular complexity index is 544. The number of aryl methyl sites for hydroxylation is 2. The van der Waals surface area contributed by atoms with E-state index in [0.29, 0.717) is 0 Å². The lowest BCUT2D eigenvalue weighted by Gasteiger charge is -2.09. The average Bonchev–Trinajstić information content (AvgIpc) is 2.29. The zero-order valence-electron chi connectivity index (χ0n) is 10.2. The summed E-state index contributed by atoms with van der Waals surface area (Å²) in [6, 6.07) is 6.96. The highest BCUT2D eigenvalue weighted by Gasteiger charge is 2.15. The van der Waals surface area contributed by atoms with Gasteiger partial charge in [0.05, 0.1) is 16.9 Å². The molecule has 0 saturated heterocycles. The van der Waals surface area contributed by atoms with Crippen molar-refractivity contribution in [2.45, 2.75) is 25.7 Å². The van der Waals surface area contributed by atoms with Crippen LogP contribution in [0.5, 0.6) is 0 Å². The maximum atomic E-state index is 11.9. The zero-order valence-corrected chi connectivity index (χ0v) is 11.0. The van der Waals surface area contributed by atoms with E-state index >= 15 is 0 Å². The van der Waals surface area contributed by atoms with Gasteiger partial charge in [0.2, 0.25) is 10.0 Å². The highest BCUT2D eigenvalue weighted by Crippen LogP contribution is 2.14. The fourth-order valence-corrected chi connectivity index (χ4v) is 2.46. The van der Waals surface area contributed by atoms with Crippen molar-refractivity contribution in [1.29, 1.82) is 5.26 Å². The fraction of sp³-hybridized carbons (Fsp3) is 0.417. The van der Waals surface area contributed by atoms with E-state index in [9.17, 15) is 8.42 Å². The first-order valence-electron chi connectivity index (χ1n) is 5.33. The van der Waals surface area contributed by atoms with Crippen molar-refractivity contribution in [2.75, 3.05) is 6.54 Å². The first-order chi connectivity index (χ1) is 7.86. The Hall–Kier alpha value is -1.38. The zero-order chi connectivity index (χ0) is 13.1. The number of nitrogens with one attached hydrogen (secondary N) is 1. The Morgan fingerprint density at radius 2 is 2.00 bits per heavy atom. The van der Waals surface area contributed by atoms with Crippen molar-refractivity contribution in [1.82, 2.24) is 4.72 Å². The molecular formula is C12H16N2O2S. The molecule has 1 N–H and O–H groups in total. The predicted octanol–water partition coefficient (Wildman–Crippen LogP) is 1.74. The Balaban J connectivity index is 2.91. The molecule has 1 rings (SSSR count). The van der Waals surface area contributed by atoms with Crippen LogP contribution in [0.1, 0.15) is 18.1 Å². The highest BCUT2D eigenvalue weighted by atomic mass is 32.2. The number of rotatable bonds is 4. The molecule has 1 aromatic carbocycles. The predicted molar refractivity (Wildman–Crippen MR) is 65.9 cm³/mol. The summed E-state index contributed by atoms with van der Waals surface area (Å²) in [7, 11) is -3.51. The summed E-state index contributed by atoms with van der Waals surface area (Å²) < 4.78 is 26.2. The fourth-order valence-electron chi connectivity index (χ4n) is 1.24. The summed E-state index contributed by atoms with van der Waals surface area (Å²) in [5.41, 5.74) is 1.98. The van der Waals surface area contributed by atoms with Gasteiger partial charge in [-0.2, -0.15) is 5.26 Å². The van der Waals surface area contributed by atoms with Crippen LogP contribution in [-0.2, 0) is 10.0 Å². The van der Waals surface area contributed by atoms with Gasteiger partial charge < -0.3 is 0 Å². The third kappa shape index (κ3) is 3.55. The molecule has 0 aliphatic carbocycles. The second-order valence-corrected chi connectivity index (χ2v) is 5.90. The van der Waals surface area contributed by atoms with Gasteiger partial charge in [0.1, 0.15) is 0 Å². The second-order valence-electron chi connectivity index (χ2n) is 4.13. The number of hydrogen-bond donors (Lipinski definition) is 1. The summed E-state index contributed by atoms with van der Waals surface area (Å²) >= 11 is 0. The number of nitriles is 1. The van der Waals surface area contributed by atoms with Crippen LogP contribution in [0.25, 0.3) is 0 Å². The van der Waals surface area contributed by atoms with Gasteiger partial charge in [-0.3, -0.25) is 0 Å². The minimum Gasteiger partial charge on any atom is -0.210 e. The summed E-state index contributed by atoms with van der Waals surface area (Å²) in [5, 5.41) is 8.60. The van der Waals surface area contributed by atoms with Crippen LogP contribution in [0, 0.1) is 31.1 Å². The molecule has 1 aromatic rings. The summed E-state index contributed by atoms with van der Waals surface area (Å²) in [4.78, 5) is 0.241. The van der Waals surface area contributed by atoms with Crippen LogP contribution in [0.4, 0.5) is 0 Å². The normalized spacial score (nSPS) is 13.1. The molecule has 0 spiro atoms. The Morgan fingerprint density at radius 1 is 1.35 bits per heavy atom. The van der Waals surface area contributed by atoms with Crippen LogP contribution in [0.15, 0.2) is 23.1 Å². The lowest BCUT2D eigenvalue weighted by Crippen LogP contribution is -2.28. The first kappa shape index (κ1) is 13.7. The van der Waals surface area contributed by atoms with Crippen molar-refractivity contribution >= 4 is 10.0 Å². The quantitative estimate of drug-likeness (QED) is 0.887. The van der Waals surface area contributed by atoms with Crippen molar-refractivity contribution in [2.24, 2.45) is 5.92 Å². The molecule has 0 aromatic heterocycles. The van der Waals surface area contributed by atoms with Crippen molar-refractivity contribution < 1.29 is 8.42 Å². The molecule has 0 amide bonds. The Labute approximate surface area is 102 Å². The van der Waals surface area contributed by atoms with Gasteiger partial charge in [0, 0.05) is 6.54 Å². The largest absolute Gasteiger partial charge is 0.240 e. The molecular weight excluding hydrogens is 236 g/mol. The summed E-state index contributed by atoms with van der Waals surface area (Å²) in [6.07, 6.45) is 0. The highest BCUT2D eigenvalue weighted by molar-refractivity contribution is 7.89. The van der Waals surface area contributed by atoms with Crippen molar-refractivity contribution in [3.05, 3.63) is 29.3 Å². The van der Waals surface area contributed by atoms with Gasteiger partial charge in [-0.15, -0.1) is 0 Å². The molecule has 4 nitrogen and oxygen atoms in total. The lowest BCUT2D eigenvalue weighted by atomic mass is 10.1. The van der Waals surface area contributed by atoms with E-state index in [-0.39, 0.29) is 17.4 Å². The minimum atomic E-state index is -3.51. The molecule has 0 aliphatic rings. The molecule has 0 heterocycles. The van der Waals surface area contributed by atoms with Gasteiger partial charge in [-0.05, 0) is 44.0 Å². The monoisotopic (exact) mass is 252 g/mol. The molecule has 1 unspecified atom stereocenters. The molecule has 5 heteroatoms. The van der Waals surface area contributed by atoms with Crippen molar-refractivity contribution in [3.8, 4) is 6.07 Å². The molecule has 0 radical (unpaired) electrons. The van der Waals surface area contributed by atoms with Gasteiger partial charge in [-0.1, -0.05) is 6.07 Å². The molecule has 17 heavy (non-hydrogen) atoms. The van der Waals surface area contributed by atoms with E-state index in [0.717, 1.165) is 11.1 Å². The summed E-state index contributed by atoms with van der Waals surface area (Å²) in [6.45, 7) is 5.60. The van der Waals surface area contributed by atoms with Gasteiger partial charge in [0.25, 0.3) is 0 Å². The molecule has 0 bridgehead atoms. The molecule has 1 atom stereocenters. The van der Waals surface area contributed by atoms with Crippen LogP contribution in [0.2, 0.25) is 0 Å². The molecule has 0 fully saturated rings. The maximum Gasteiger partial charge on any atom is 0.240 e. The van der Waals surface area contributed by atoms with E-state index in [4.69, 9.17) is 5.26 Å². The smallest absolute Gasteiger partial charge is 0.210 e. The summed E-state index contributed by atoms with van der Waals surface area (Å²) in [5.74, 6) is -0.337. The topological polar surface area (TPSA) is 70.0 Å². The minimum absolute atomic E-state index is 0.131. The third-order valence-electron chi connectivity index (χ3n) is 2.59. The second kappa shape index (κ2) is 5.30. The molecule has 0 saturated carbocycles. The van der Waals surface area contributed by atoms with Gasteiger partial charge in [-0.25, -0.2) is 13.1 Å². The van der Waals surface area contributed by atoms with Crippen molar-refractivity contribution in [3.63, 3.8) is 0 Å². The SMILES string of the molecule is Cc1ccc(S(=O)(=O)NCC(C)C#N)cc1C. The molecule has 92 valence electrons. The number of benzene rings is 1. The average molecular weight is 252 g/mol. The molecule has 0 aliphatic heterocycles. The first-order valence-corrected chi connectivity index (χ1v) is 6.81. The standard InChI is InChI=1S/C12H16N2O2S/c1-9(7-13)8-14-17(15,16)12-5-4-10(2)11(3)6-12/h4-6,9,14H,8H2,1-3H3. The van der Waals surface area contributed by atoms with Crippen LogP contribution < -0.4 is 4.72 Å².